The van der Waals surface area contributed by atoms with E-state index in [1.54, 1.807) is 0 Å². The van der Waals surface area contributed by atoms with Gasteiger partial charge in [-0.3, -0.25) is 3.35 Å². The van der Waals surface area contributed by atoms with Gasteiger partial charge in [0, 0.05) is 6.42 Å². The molecule has 1 atom stereocenters. The van der Waals surface area contributed by atoms with E-state index in [4.69, 9.17) is 0 Å². The standard InChI is InChI=1S/C4H7NO2S3/c6-10(7)2-1-4(3-10)5(8)9/h4H,1-3H2/t4-/m0/s1. The number of nitrogens with zero attached hydrogens (tertiary/aromatic N) is 1. The molecule has 1 aliphatic rings. The van der Waals surface area contributed by atoms with E-state index < -0.39 is 9.84 Å². The predicted molar refractivity (Wildman–Crippen MR) is 42.0 cm³/mol. The van der Waals surface area contributed by atoms with Crippen LogP contribution in [0, 0.1) is 0 Å². The second-order valence-corrected chi connectivity index (χ2v) is 5.59. The Balaban J connectivity index is 2.69. The molecular weight excluding hydrogens is 190 g/mol. The molecule has 0 aromatic carbocycles. The van der Waals surface area contributed by atoms with Gasteiger partial charge in [0.2, 0.25) is 0 Å². The molecule has 1 aliphatic heterocycles. The SMILES string of the molecule is O=S1(=O)CC[C@H]([N+](=S)[S-])C1. The highest BCUT2D eigenvalue weighted by Gasteiger charge is 2.32. The fraction of sp³-hybridized carbons (Fsp3) is 1.00. The zero-order valence-corrected chi connectivity index (χ0v) is 7.64. The number of hydrogen-bond donors (Lipinski definition) is 0. The maximum absolute atomic E-state index is 10.8. The van der Waals surface area contributed by atoms with E-state index in [0.29, 0.717) is 6.42 Å². The highest BCUT2D eigenvalue weighted by atomic mass is 32.2. The van der Waals surface area contributed by atoms with Gasteiger partial charge in [-0.05, 0) is 0 Å². The minimum Gasteiger partial charge on any atom is -0.258 e. The van der Waals surface area contributed by atoms with E-state index >= 15 is 0 Å². The summed E-state index contributed by atoms with van der Waals surface area (Å²) in [7, 11) is -2.82. The van der Waals surface area contributed by atoms with Crippen molar-refractivity contribution in [3.8, 4) is 0 Å². The Bertz CT molecular complexity index is 245. The minimum absolute atomic E-state index is 0.116. The molecule has 0 spiro atoms. The van der Waals surface area contributed by atoms with E-state index in [-0.39, 0.29) is 17.5 Å². The first-order chi connectivity index (χ1) is 4.51. The van der Waals surface area contributed by atoms with Crippen LogP contribution in [0.4, 0.5) is 0 Å². The zero-order valence-electron chi connectivity index (χ0n) is 5.19. The molecule has 0 radical (unpaired) electrons. The lowest BCUT2D eigenvalue weighted by Crippen LogP contribution is -2.20. The average Bonchev–Trinajstić information content (AvgIpc) is 2.10. The molecule has 0 saturated carbocycles. The molecule has 0 N–H and O–H groups in total. The summed E-state index contributed by atoms with van der Waals surface area (Å²) in [5.74, 6) is 0.376. The van der Waals surface area contributed by atoms with Crippen LogP contribution in [0.1, 0.15) is 6.42 Å². The van der Waals surface area contributed by atoms with Crippen LogP contribution in [-0.4, -0.2) is 29.3 Å². The number of hydrogen-bond acceptors (Lipinski definition) is 4. The summed E-state index contributed by atoms with van der Waals surface area (Å²) in [6.45, 7) is 0. The van der Waals surface area contributed by atoms with E-state index in [9.17, 15) is 8.42 Å². The fourth-order valence-corrected chi connectivity index (χ4v) is 3.19. The molecule has 0 bridgehead atoms. The number of sulfone groups is 1. The maximum Gasteiger partial charge on any atom is 0.163 e. The van der Waals surface area contributed by atoms with Gasteiger partial charge in [0.05, 0.1) is 5.75 Å². The van der Waals surface area contributed by atoms with Crippen molar-refractivity contribution < 1.29 is 11.8 Å². The fourth-order valence-electron chi connectivity index (χ4n) is 0.942. The summed E-state index contributed by atoms with van der Waals surface area (Å²) >= 11 is 9.25. The van der Waals surface area contributed by atoms with Crippen molar-refractivity contribution in [2.24, 2.45) is 0 Å². The van der Waals surface area contributed by atoms with Crippen LogP contribution in [-0.2, 0) is 35.1 Å². The Morgan fingerprint density at radius 1 is 1.60 bits per heavy atom. The molecule has 58 valence electrons. The van der Waals surface area contributed by atoms with Crippen LogP contribution in [0.3, 0.4) is 0 Å². The van der Waals surface area contributed by atoms with E-state index in [1.165, 1.54) is 0 Å². The third kappa shape index (κ3) is 1.83. The Hall–Kier alpha value is 0.190. The quantitative estimate of drug-likeness (QED) is 0.415. The van der Waals surface area contributed by atoms with E-state index in [2.05, 4.69) is 25.2 Å². The summed E-state index contributed by atoms with van der Waals surface area (Å²) in [6, 6.07) is -0.116. The maximum atomic E-state index is 10.8. The predicted octanol–water partition coefficient (Wildman–Crippen LogP) is -0.622. The summed E-state index contributed by atoms with van der Waals surface area (Å²) in [4.78, 5) is 0. The number of rotatable bonds is 1. The van der Waals surface area contributed by atoms with Gasteiger partial charge in [0.15, 0.2) is 15.9 Å². The lowest BCUT2D eigenvalue weighted by Gasteiger charge is -2.02. The van der Waals surface area contributed by atoms with Crippen molar-refractivity contribution in [2.75, 3.05) is 11.5 Å². The van der Waals surface area contributed by atoms with Gasteiger partial charge in [-0.2, -0.15) is 0 Å². The Kier molecular flexibility index (Phi) is 2.21. The summed E-state index contributed by atoms with van der Waals surface area (Å²) < 4.78 is 22.8. The smallest absolute Gasteiger partial charge is 0.163 e. The molecule has 1 saturated heterocycles. The van der Waals surface area contributed by atoms with Gasteiger partial charge in [0.1, 0.15) is 5.75 Å². The first-order valence-electron chi connectivity index (χ1n) is 2.85. The Morgan fingerprint density at radius 3 is 2.40 bits per heavy atom. The molecule has 0 aliphatic carbocycles. The lowest BCUT2D eigenvalue weighted by molar-refractivity contribution is -0.356. The molecular formula is C4H7NO2S3. The molecule has 0 aromatic heterocycles. The summed E-state index contributed by atoms with van der Waals surface area (Å²) in [5, 5.41) is 0. The van der Waals surface area contributed by atoms with E-state index in [1.807, 2.05) is 0 Å². The Morgan fingerprint density at radius 2 is 2.20 bits per heavy atom. The van der Waals surface area contributed by atoms with Crippen LogP contribution in [0.2, 0.25) is 0 Å². The topological polar surface area (TPSA) is 37.1 Å². The van der Waals surface area contributed by atoms with Crippen LogP contribution in [0.5, 0.6) is 0 Å². The second kappa shape index (κ2) is 2.67. The molecule has 0 amide bonds. The molecule has 1 rings (SSSR count). The van der Waals surface area contributed by atoms with Gasteiger partial charge >= 0.3 is 0 Å². The molecule has 0 aromatic rings. The highest BCUT2D eigenvalue weighted by molar-refractivity contribution is 7.91. The first kappa shape index (κ1) is 8.29. The van der Waals surface area contributed by atoms with Crippen molar-refractivity contribution in [2.45, 2.75) is 12.5 Å². The van der Waals surface area contributed by atoms with Crippen molar-refractivity contribution in [1.29, 1.82) is 0 Å². The van der Waals surface area contributed by atoms with Crippen LogP contribution >= 0.6 is 0 Å². The lowest BCUT2D eigenvalue weighted by atomic mass is 10.3. The largest absolute Gasteiger partial charge is 0.258 e. The molecule has 10 heavy (non-hydrogen) atoms. The highest BCUT2D eigenvalue weighted by Crippen LogP contribution is 2.13. The van der Waals surface area contributed by atoms with Gasteiger partial charge in [-0.25, -0.2) is 8.42 Å². The second-order valence-electron chi connectivity index (χ2n) is 2.34. The molecule has 1 fully saturated rings. The summed E-state index contributed by atoms with van der Waals surface area (Å²) in [5.41, 5.74) is 0. The van der Waals surface area contributed by atoms with Crippen molar-refractivity contribution in [3.05, 3.63) is 0 Å². The third-order valence-corrected chi connectivity index (χ3v) is 3.85. The van der Waals surface area contributed by atoms with Crippen LogP contribution < -0.4 is 0 Å². The first-order valence-corrected chi connectivity index (χ1v) is 5.40. The third-order valence-electron chi connectivity index (χ3n) is 1.51. The average molecular weight is 197 g/mol. The van der Waals surface area contributed by atoms with Gasteiger partial charge < -0.3 is 0 Å². The molecule has 0 unspecified atom stereocenters. The minimum atomic E-state index is -2.82. The molecule has 3 nitrogen and oxygen atoms in total. The van der Waals surface area contributed by atoms with Gasteiger partial charge in [-0.1, -0.05) is 25.2 Å². The van der Waals surface area contributed by atoms with Crippen molar-refractivity contribution >= 4 is 35.1 Å². The van der Waals surface area contributed by atoms with Crippen molar-refractivity contribution in [1.82, 2.24) is 0 Å². The Labute approximate surface area is 71.0 Å². The van der Waals surface area contributed by atoms with Gasteiger partial charge in [-0.15, -0.1) is 0 Å². The van der Waals surface area contributed by atoms with E-state index in [0.717, 1.165) is 3.35 Å². The van der Waals surface area contributed by atoms with Crippen molar-refractivity contribution in [3.63, 3.8) is 0 Å². The van der Waals surface area contributed by atoms with Crippen LogP contribution in [0.15, 0.2) is 0 Å². The zero-order chi connectivity index (χ0) is 7.78. The normalized spacial score (nSPS) is 30.2. The summed E-state index contributed by atoms with van der Waals surface area (Å²) in [6.07, 6.45) is 0.593. The van der Waals surface area contributed by atoms with Crippen LogP contribution in [0.25, 0.3) is 0 Å². The molecule has 1 heterocycles. The molecule has 6 heteroatoms. The monoisotopic (exact) mass is 197 g/mol. The van der Waals surface area contributed by atoms with Gasteiger partial charge in [0.25, 0.3) is 0 Å².